The number of piperidine rings is 1. The van der Waals surface area contributed by atoms with Gasteiger partial charge in [-0.15, -0.1) is 10.2 Å². The third kappa shape index (κ3) is 5.07. The minimum absolute atomic E-state index is 0.165. The number of hydrogen-bond acceptors (Lipinski definition) is 7. The molecule has 0 spiro atoms. The molecule has 0 bridgehead atoms. The van der Waals surface area contributed by atoms with E-state index in [4.69, 9.17) is 4.74 Å². The van der Waals surface area contributed by atoms with E-state index in [1.807, 2.05) is 18.2 Å². The molecule has 1 amide bonds. The first-order valence-corrected chi connectivity index (χ1v) is 13.2. The maximum Gasteiger partial charge on any atom is 0.255 e. The van der Waals surface area contributed by atoms with Crippen LogP contribution < -0.4 is 10.2 Å². The van der Waals surface area contributed by atoms with Crippen molar-refractivity contribution >= 4 is 27.3 Å². The van der Waals surface area contributed by atoms with Crippen LogP contribution in [0.25, 0.3) is 5.69 Å². The smallest absolute Gasteiger partial charge is 0.255 e. The van der Waals surface area contributed by atoms with Gasteiger partial charge in [0.05, 0.1) is 29.5 Å². The van der Waals surface area contributed by atoms with Crippen LogP contribution in [0, 0.1) is 0 Å². The summed E-state index contributed by atoms with van der Waals surface area (Å²) in [6.07, 6.45) is 6.46. The van der Waals surface area contributed by atoms with Crippen molar-refractivity contribution in [2.75, 3.05) is 49.6 Å². The molecule has 10 nitrogen and oxygen atoms in total. The molecule has 35 heavy (non-hydrogen) atoms. The Balaban J connectivity index is 1.44. The summed E-state index contributed by atoms with van der Waals surface area (Å²) in [5, 5.41) is 10.6. The lowest BCUT2D eigenvalue weighted by molar-refractivity contribution is 0.0730. The van der Waals surface area contributed by atoms with Crippen LogP contribution in [0.3, 0.4) is 0 Å². The summed E-state index contributed by atoms with van der Waals surface area (Å²) in [6, 6.07) is 12.1. The molecule has 2 aliphatic rings. The zero-order valence-electron chi connectivity index (χ0n) is 19.3. The van der Waals surface area contributed by atoms with Crippen LogP contribution in [-0.2, 0) is 14.8 Å². The summed E-state index contributed by atoms with van der Waals surface area (Å²) in [6.45, 7) is 3.12. The van der Waals surface area contributed by atoms with E-state index in [0.29, 0.717) is 37.6 Å². The van der Waals surface area contributed by atoms with Crippen LogP contribution in [0.15, 0.2) is 60.0 Å². The molecule has 2 aliphatic heterocycles. The maximum absolute atomic E-state index is 13.3. The van der Waals surface area contributed by atoms with Gasteiger partial charge in [-0.2, -0.15) is 4.31 Å². The van der Waals surface area contributed by atoms with Gasteiger partial charge in [-0.3, -0.25) is 9.36 Å². The number of anilines is 2. The second-order valence-corrected chi connectivity index (χ2v) is 10.6. The molecule has 0 radical (unpaired) electrons. The third-order valence-corrected chi connectivity index (χ3v) is 8.26. The number of morpholine rings is 1. The van der Waals surface area contributed by atoms with E-state index < -0.39 is 10.0 Å². The van der Waals surface area contributed by atoms with Crippen molar-refractivity contribution in [2.45, 2.75) is 24.2 Å². The highest BCUT2D eigenvalue weighted by atomic mass is 32.2. The fourth-order valence-corrected chi connectivity index (χ4v) is 5.87. The molecule has 184 valence electrons. The normalized spacial score (nSPS) is 17.3. The molecule has 1 N–H and O–H groups in total. The van der Waals surface area contributed by atoms with Crippen LogP contribution in [0.2, 0.25) is 0 Å². The zero-order chi connectivity index (χ0) is 24.3. The molecule has 3 heterocycles. The molecule has 0 saturated carbocycles. The highest BCUT2D eigenvalue weighted by molar-refractivity contribution is 7.89. The summed E-state index contributed by atoms with van der Waals surface area (Å²) in [5.74, 6) is -0.306. The predicted octanol–water partition coefficient (Wildman–Crippen LogP) is 2.53. The molecule has 2 aromatic carbocycles. The lowest BCUT2D eigenvalue weighted by Gasteiger charge is -2.31. The first-order chi connectivity index (χ1) is 17.0. The quantitative estimate of drug-likeness (QED) is 0.558. The molecule has 1 aromatic heterocycles. The van der Waals surface area contributed by atoms with E-state index in [2.05, 4.69) is 20.4 Å². The third-order valence-electron chi connectivity index (χ3n) is 6.37. The van der Waals surface area contributed by atoms with E-state index in [0.717, 1.165) is 37.3 Å². The molecule has 0 unspecified atom stereocenters. The Kier molecular flexibility index (Phi) is 6.80. The van der Waals surface area contributed by atoms with E-state index >= 15 is 0 Å². The van der Waals surface area contributed by atoms with Gasteiger partial charge in [0.2, 0.25) is 10.0 Å². The van der Waals surface area contributed by atoms with Crippen LogP contribution >= 0.6 is 0 Å². The summed E-state index contributed by atoms with van der Waals surface area (Å²) >= 11 is 0. The summed E-state index contributed by atoms with van der Waals surface area (Å²) in [4.78, 5) is 15.5. The number of carbonyl (C=O) groups is 1. The standard InChI is InChI=1S/C24H28N6O4S/c31-24(19-4-6-20(7-5-19)29-17-25-26-18-29)27-22-16-21(35(32,33)30-12-14-34-15-13-30)8-9-23(22)28-10-2-1-3-11-28/h4-9,16-18H,1-3,10-15H2,(H,27,31). The van der Waals surface area contributed by atoms with Crippen molar-refractivity contribution < 1.29 is 17.9 Å². The fourth-order valence-electron chi connectivity index (χ4n) is 4.44. The lowest BCUT2D eigenvalue weighted by atomic mass is 10.1. The first kappa shape index (κ1) is 23.5. The number of nitrogens with zero attached hydrogens (tertiary/aromatic N) is 5. The number of amides is 1. The van der Waals surface area contributed by atoms with Gasteiger partial charge >= 0.3 is 0 Å². The average Bonchev–Trinajstić information content (AvgIpc) is 3.45. The Morgan fingerprint density at radius 1 is 0.886 bits per heavy atom. The van der Waals surface area contributed by atoms with E-state index in [9.17, 15) is 13.2 Å². The number of nitrogens with one attached hydrogen (secondary N) is 1. The zero-order valence-corrected chi connectivity index (χ0v) is 20.2. The molecule has 3 aromatic rings. The second-order valence-electron chi connectivity index (χ2n) is 8.61. The van der Waals surface area contributed by atoms with Crippen LogP contribution in [0.5, 0.6) is 0 Å². The predicted molar refractivity (Wildman–Crippen MR) is 131 cm³/mol. The lowest BCUT2D eigenvalue weighted by Crippen LogP contribution is -2.40. The first-order valence-electron chi connectivity index (χ1n) is 11.8. The molecule has 11 heteroatoms. The number of sulfonamides is 1. The molecular formula is C24H28N6O4S. The maximum atomic E-state index is 13.3. The second kappa shape index (κ2) is 10.1. The number of hydrogen-bond donors (Lipinski definition) is 1. The van der Waals surface area contributed by atoms with Crippen molar-refractivity contribution in [3.05, 3.63) is 60.7 Å². The minimum atomic E-state index is -3.69. The van der Waals surface area contributed by atoms with Crippen molar-refractivity contribution in [2.24, 2.45) is 0 Å². The Hall–Kier alpha value is -3.28. The average molecular weight is 497 g/mol. The van der Waals surface area contributed by atoms with E-state index in [1.165, 1.54) is 10.7 Å². The van der Waals surface area contributed by atoms with Gasteiger partial charge in [-0.1, -0.05) is 0 Å². The van der Waals surface area contributed by atoms with Crippen LogP contribution in [-0.4, -0.2) is 72.8 Å². The molecule has 5 rings (SSSR count). The number of aromatic nitrogens is 3. The summed E-state index contributed by atoms with van der Waals surface area (Å²) in [7, 11) is -3.69. The van der Waals surface area contributed by atoms with Crippen LogP contribution in [0.4, 0.5) is 11.4 Å². The minimum Gasteiger partial charge on any atom is -0.379 e. The molecule has 0 atom stereocenters. The number of benzene rings is 2. The topological polar surface area (TPSA) is 110 Å². The molecule has 0 aliphatic carbocycles. The number of carbonyl (C=O) groups excluding carboxylic acids is 1. The number of rotatable bonds is 6. The molecular weight excluding hydrogens is 468 g/mol. The van der Waals surface area contributed by atoms with Gasteiger partial charge in [0, 0.05) is 37.4 Å². The molecule has 2 fully saturated rings. The Morgan fingerprint density at radius 3 is 2.26 bits per heavy atom. The highest BCUT2D eigenvalue weighted by Crippen LogP contribution is 2.32. The SMILES string of the molecule is O=C(Nc1cc(S(=O)(=O)N2CCOCC2)ccc1N1CCCCC1)c1ccc(-n2cnnc2)cc1. The van der Waals surface area contributed by atoms with Gasteiger partial charge in [0.1, 0.15) is 12.7 Å². The fraction of sp³-hybridized carbons (Fsp3) is 0.375. The summed E-state index contributed by atoms with van der Waals surface area (Å²) in [5.41, 5.74) is 2.63. The highest BCUT2D eigenvalue weighted by Gasteiger charge is 2.28. The Labute approximate surface area is 204 Å². The van der Waals surface area contributed by atoms with Crippen molar-refractivity contribution in [1.82, 2.24) is 19.1 Å². The van der Waals surface area contributed by atoms with Crippen molar-refractivity contribution in [3.63, 3.8) is 0 Å². The van der Waals surface area contributed by atoms with Gasteiger partial charge < -0.3 is 15.0 Å². The van der Waals surface area contributed by atoms with Gasteiger partial charge in [-0.25, -0.2) is 8.42 Å². The molecule has 2 saturated heterocycles. The van der Waals surface area contributed by atoms with Crippen LogP contribution in [0.1, 0.15) is 29.6 Å². The summed E-state index contributed by atoms with van der Waals surface area (Å²) < 4.78 is 35.0. The largest absolute Gasteiger partial charge is 0.379 e. The van der Waals surface area contributed by atoms with E-state index in [1.54, 1.807) is 41.5 Å². The van der Waals surface area contributed by atoms with Gasteiger partial charge in [0.15, 0.2) is 0 Å². The Morgan fingerprint density at radius 2 is 1.57 bits per heavy atom. The van der Waals surface area contributed by atoms with Gasteiger partial charge in [0.25, 0.3) is 5.91 Å². The Bertz CT molecular complexity index is 1270. The van der Waals surface area contributed by atoms with Crippen molar-refractivity contribution in [3.8, 4) is 5.69 Å². The van der Waals surface area contributed by atoms with Gasteiger partial charge in [-0.05, 0) is 61.7 Å². The monoisotopic (exact) mass is 496 g/mol. The number of ether oxygens (including phenoxy) is 1. The van der Waals surface area contributed by atoms with Crippen molar-refractivity contribution in [1.29, 1.82) is 0 Å². The van der Waals surface area contributed by atoms with E-state index in [-0.39, 0.29) is 10.8 Å².